The fraction of sp³-hybridized carbons (Fsp3) is 0.462. The zero-order valence-corrected chi connectivity index (χ0v) is 11.2. The lowest BCUT2D eigenvalue weighted by Crippen LogP contribution is -2.36. The molecule has 0 N–H and O–H groups in total. The van der Waals surface area contributed by atoms with Gasteiger partial charge in [0.15, 0.2) is 0 Å². The molecule has 19 heavy (non-hydrogen) atoms. The van der Waals surface area contributed by atoms with Crippen LogP contribution >= 0.6 is 0 Å². The molecule has 0 bridgehead atoms. The Kier molecular flexibility index (Phi) is 4.97. The van der Waals surface area contributed by atoms with Crippen molar-refractivity contribution >= 4 is 11.6 Å². The third-order valence-electron chi connectivity index (χ3n) is 3.20. The van der Waals surface area contributed by atoms with Gasteiger partial charge in [0, 0.05) is 24.7 Å². The van der Waals surface area contributed by atoms with E-state index in [9.17, 15) is 19.3 Å². The van der Waals surface area contributed by atoms with Crippen molar-refractivity contribution in [1.29, 1.82) is 0 Å². The van der Waals surface area contributed by atoms with Crippen molar-refractivity contribution in [3.63, 3.8) is 0 Å². The van der Waals surface area contributed by atoms with Crippen molar-refractivity contribution in [2.24, 2.45) is 0 Å². The first kappa shape index (κ1) is 15.1. The lowest BCUT2D eigenvalue weighted by atomic mass is 10.1. The molecule has 0 aliphatic rings. The largest absolute Gasteiger partial charge is 0.339 e. The normalized spacial score (nSPS) is 10.6. The fourth-order valence-electron chi connectivity index (χ4n) is 1.99. The lowest BCUT2D eigenvalue weighted by molar-refractivity contribution is -0.387. The molecular weight excluding hydrogens is 251 g/mol. The molecule has 0 saturated heterocycles. The van der Waals surface area contributed by atoms with E-state index in [0.717, 1.165) is 25.0 Å². The van der Waals surface area contributed by atoms with E-state index in [1.54, 1.807) is 7.05 Å². The van der Waals surface area contributed by atoms with E-state index in [2.05, 4.69) is 0 Å². The monoisotopic (exact) mass is 268 g/mol. The number of nitro benzene ring substituents is 1. The van der Waals surface area contributed by atoms with Crippen LogP contribution in [-0.2, 0) is 0 Å². The quantitative estimate of drug-likeness (QED) is 0.609. The molecule has 5 nitrogen and oxygen atoms in total. The second-order valence-electron chi connectivity index (χ2n) is 4.31. The van der Waals surface area contributed by atoms with Gasteiger partial charge in [0.2, 0.25) is 5.82 Å². The highest BCUT2D eigenvalue weighted by molar-refractivity contribution is 5.94. The van der Waals surface area contributed by atoms with Crippen LogP contribution in [0, 0.1) is 15.9 Å². The summed E-state index contributed by atoms with van der Waals surface area (Å²) in [7, 11) is 1.65. The molecule has 0 radical (unpaired) electrons. The molecule has 0 aliphatic heterocycles. The van der Waals surface area contributed by atoms with Crippen LogP contribution in [0.15, 0.2) is 18.2 Å². The summed E-state index contributed by atoms with van der Waals surface area (Å²) in [6, 6.07) is 3.27. The summed E-state index contributed by atoms with van der Waals surface area (Å²) in [5, 5.41) is 10.7. The molecule has 0 atom stereocenters. The number of amides is 1. The summed E-state index contributed by atoms with van der Waals surface area (Å²) in [6.07, 6.45) is 1.59. The van der Waals surface area contributed by atoms with E-state index in [0.29, 0.717) is 0 Å². The van der Waals surface area contributed by atoms with Gasteiger partial charge in [-0.1, -0.05) is 13.8 Å². The zero-order valence-electron chi connectivity index (χ0n) is 11.2. The summed E-state index contributed by atoms with van der Waals surface area (Å²) in [4.78, 5) is 23.5. The Morgan fingerprint density at radius 1 is 1.42 bits per heavy atom. The minimum atomic E-state index is -0.938. The summed E-state index contributed by atoms with van der Waals surface area (Å²) >= 11 is 0. The van der Waals surface area contributed by atoms with Crippen molar-refractivity contribution in [3.05, 3.63) is 39.7 Å². The predicted molar refractivity (Wildman–Crippen MR) is 69.5 cm³/mol. The molecule has 6 heteroatoms. The first-order valence-electron chi connectivity index (χ1n) is 6.13. The van der Waals surface area contributed by atoms with Gasteiger partial charge in [-0.05, 0) is 25.0 Å². The summed E-state index contributed by atoms with van der Waals surface area (Å²) in [5.41, 5.74) is -0.550. The maximum atomic E-state index is 13.2. The second kappa shape index (κ2) is 6.26. The molecule has 0 unspecified atom stereocenters. The number of rotatable bonds is 5. The summed E-state index contributed by atoms with van der Waals surface area (Å²) in [5.74, 6) is -1.27. The topological polar surface area (TPSA) is 63.5 Å². The van der Waals surface area contributed by atoms with Crippen molar-refractivity contribution in [3.8, 4) is 0 Å². The van der Waals surface area contributed by atoms with E-state index in [4.69, 9.17) is 0 Å². The maximum Gasteiger partial charge on any atom is 0.305 e. The zero-order chi connectivity index (χ0) is 14.6. The Bertz CT molecular complexity index is 487. The molecule has 0 spiro atoms. The third kappa shape index (κ3) is 3.27. The van der Waals surface area contributed by atoms with Crippen LogP contribution in [-0.4, -0.2) is 28.8 Å². The van der Waals surface area contributed by atoms with Crippen LogP contribution in [0.2, 0.25) is 0 Å². The standard InChI is InChI=1S/C13H17FN2O3/c1-4-10(5-2)15(3)13(17)9-6-7-11(14)12(8-9)16(18)19/h6-8,10H,4-5H2,1-3H3. The minimum absolute atomic E-state index is 0.0663. The first-order chi connectivity index (χ1) is 8.92. The lowest BCUT2D eigenvalue weighted by Gasteiger charge is -2.26. The average Bonchev–Trinajstić information content (AvgIpc) is 2.39. The Morgan fingerprint density at radius 2 is 2.00 bits per heavy atom. The number of hydrogen-bond acceptors (Lipinski definition) is 3. The van der Waals surface area contributed by atoms with Crippen LogP contribution in [0.4, 0.5) is 10.1 Å². The van der Waals surface area contributed by atoms with Gasteiger partial charge < -0.3 is 4.90 Å². The van der Waals surface area contributed by atoms with Gasteiger partial charge in [0.25, 0.3) is 5.91 Å². The summed E-state index contributed by atoms with van der Waals surface area (Å²) < 4.78 is 13.2. The van der Waals surface area contributed by atoms with Crippen LogP contribution in [0.5, 0.6) is 0 Å². The van der Waals surface area contributed by atoms with Gasteiger partial charge >= 0.3 is 5.69 Å². The van der Waals surface area contributed by atoms with Crippen molar-refractivity contribution in [2.75, 3.05) is 7.05 Å². The molecule has 0 aliphatic carbocycles. The Hall–Kier alpha value is -1.98. The van der Waals surface area contributed by atoms with E-state index in [1.807, 2.05) is 13.8 Å². The molecule has 1 rings (SSSR count). The Labute approximate surface area is 111 Å². The van der Waals surface area contributed by atoms with E-state index < -0.39 is 16.4 Å². The van der Waals surface area contributed by atoms with Gasteiger partial charge in [0.1, 0.15) is 0 Å². The molecule has 1 aromatic rings. The number of halogens is 1. The fourth-order valence-corrected chi connectivity index (χ4v) is 1.99. The van der Waals surface area contributed by atoms with Crippen molar-refractivity contribution < 1.29 is 14.1 Å². The molecule has 0 aromatic heterocycles. The van der Waals surface area contributed by atoms with Gasteiger partial charge in [0.05, 0.1) is 4.92 Å². The third-order valence-corrected chi connectivity index (χ3v) is 3.20. The second-order valence-corrected chi connectivity index (χ2v) is 4.31. The molecule has 1 amide bonds. The van der Waals surface area contributed by atoms with Gasteiger partial charge in [-0.15, -0.1) is 0 Å². The molecule has 104 valence electrons. The van der Waals surface area contributed by atoms with Gasteiger partial charge in [-0.2, -0.15) is 4.39 Å². The van der Waals surface area contributed by atoms with Gasteiger partial charge in [-0.25, -0.2) is 0 Å². The number of carbonyl (C=O) groups is 1. The maximum absolute atomic E-state index is 13.2. The average molecular weight is 268 g/mol. The van der Waals surface area contributed by atoms with Crippen LogP contribution in [0.1, 0.15) is 37.0 Å². The molecule has 0 saturated carbocycles. The van der Waals surface area contributed by atoms with E-state index >= 15 is 0 Å². The van der Waals surface area contributed by atoms with Crippen LogP contribution in [0.3, 0.4) is 0 Å². The number of nitro groups is 1. The summed E-state index contributed by atoms with van der Waals surface area (Å²) in [6.45, 7) is 3.93. The predicted octanol–water partition coefficient (Wildman–Crippen LogP) is 2.99. The number of nitrogens with zero attached hydrogens (tertiary/aromatic N) is 2. The van der Waals surface area contributed by atoms with E-state index in [-0.39, 0.29) is 17.5 Å². The van der Waals surface area contributed by atoms with Crippen LogP contribution in [0.25, 0.3) is 0 Å². The Morgan fingerprint density at radius 3 is 2.47 bits per heavy atom. The highest BCUT2D eigenvalue weighted by Crippen LogP contribution is 2.20. The number of hydrogen-bond donors (Lipinski definition) is 0. The highest BCUT2D eigenvalue weighted by Gasteiger charge is 2.22. The molecule has 0 heterocycles. The Balaban J connectivity index is 3.06. The molecule has 1 aromatic carbocycles. The highest BCUT2D eigenvalue weighted by atomic mass is 19.1. The van der Waals surface area contributed by atoms with Gasteiger partial charge in [-0.3, -0.25) is 14.9 Å². The SMILES string of the molecule is CCC(CC)N(C)C(=O)c1ccc(F)c([N+](=O)[O-])c1. The van der Waals surface area contributed by atoms with Crippen molar-refractivity contribution in [2.45, 2.75) is 32.7 Å². The van der Waals surface area contributed by atoms with E-state index in [1.165, 1.54) is 11.0 Å². The number of benzene rings is 1. The smallest absolute Gasteiger partial charge is 0.305 e. The molecule has 0 fully saturated rings. The first-order valence-corrected chi connectivity index (χ1v) is 6.13. The van der Waals surface area contributed by atoms with Crippen LogP contribution < -0.4 is 0 Å². The molecular formula is C13H17FN2O3. The minimum Gasteiger partial charge on any atom is -0.339 e. The number of carbonyl (C=O) groups excluding carboxylic acids is 1. The van der Waals surface area contributed by atoms with Crippen molar-refractivity contribution in [1.82, 2.24) is 4.90 Å².